The number of hydrogen-bond donors (Lipinski definition) is 1. The van der Waals surface area contributed by atoms with Gasteiger partial charge < -0.3 is 5.32 Å². The number of rotatable bonds is 3. The van der Waals surface area contributed by atoms with E-state index in [0.29, 0.717) is 0 Å². The zero-order valence-corrected chi connectivity index (χ0v) is 11.6. The van der Waals surface area contributed by atoms with Crippen LogP contribution in [0, 0.1) is 33.8 Å². The smallest absolute Gasteiger partial charge is 0.131 e. The van der Waals surface area contributed by atoms with Gasteiger partial charge in [0.15, 0.2) is 0 Å². The Balaban J connectivity index is 2.12. The van der Waals surface area contributed by atoms with Gasteiger partial charge in [-0.2, -0.15) is 5.26 Å². The molecule has 1 aromatic rings. The Morgan fingerprint density at radius 1 is 1.16 bits per heavy atom. The summed E-state index contributed by atoms with van der Waals surface area (Å²) in [6, 6.07) is 4.12. The minimum absolute atomic E-state index is 0.00231. The standard InChI is InChI=1S/C15H18F2N2/c1-14(2)13(15(14,3)4)19-8-10-11(16)5-9(7-18)6-12(10)17/h5-6,13,19H,8H2,1-4H3. The molecule has 1 saturated carbocycles. The first-order chi connectivity index (χ1) is 8.71. The second-order valence-electron chi connectivity index (χ2n) is 6.29. The van der Waals surface area contributed by atoms with Gasteiger partial charge in [0.05, 0.1) is 11.6 Å². The quantitative estimate of drug-likeness (QED) is 0.908. The molecule has 0 aromatic heterocycles. The molecule has 1 aromatic carbocycles. The van der Waals surface area contributed by atoms with Gasteiger partial charge in [-0.1, -0.05) is 27.7 Å². The molecule has 0 unspecified atom stereocenters. The summed E-state index contributed by atoms with van der Waals surface area (Å²) < 4.78 is 27.4. The van der Waals surface area contributed by atoms with Gasteiger partial charge in [-0.15, -0.1) is 0 Å². The van der Waals surface area contributed by atoms with E-state index in [1.807, 2.05) is 0 Å². The largest absolute Gasteiger partial charge is 0.309 e. The first-order valence-corrected chi connectivity index (χ1v) is 6.33. The summed E-state index contributed by atoms with van der Waals surface area (Å²) in [7, 11) is 0. The van der Waals surface area contributed by atoms with Crippen LogP contribution in [0.3, 0.4) is 0 Å². The molecule has 0 spiro atoms. The normalized spacial score (nSPS) is 20.1. The van der Waals surface area contributed by atoms with Gasteiger partial charge in [-0.3, -0.25) is 0 Å². The van der Waals surface area contributed by atoms with Crippen LogP contribution in [0.2, 0.25) is 0 Å². The summed E-state index contributed by atoms with van der Waals surface area (Å²) in [6.45, 7) is 8.68. The summed E-state index contributed by atoms with van der Waals surface area (Å²) >= 11 is 0. The molecular formula is C15H18F2N2. The molecule has 1 aliphatic carbocycles. The molecular weight excluding hydrogens is 246 g/mol. The molecule has 102 valence electrons. The summed E-state index contributed by atoms with van der Waals surface area (Å²) in [5.41, 5.74) is 0.238. The molecule has 4 heteroatoms. The van der Waals surface area contributed by atoms with Gasteiger partial charge in [0.25, 0.3) is 0 Å². The first-order valence-electron chi connectivity index (χ1n) is 6.33. The van der Waals surface area contributed by atoms with Crippen molar-refractivity contribution in [2.24, 2.45) is 10.8 Å². The molecule has 19 heavy (non-hydrogen) atoms. The minimum atomic E-state index is -0.666. The Kier molecular flexibility index (Phi) is 3.14. The molecule has 0 heterocycles. The fraction of sp³-hybridized carbons (Fsp3) is 0.533. The molecule has 0 radical (unpaired) electrons. The van der Waals surface area contributed by atoms with Gasteiger partial charge in [0.1, 0.15) is 11.6 Å². The van der Waals surface area contributed by atoms with Crippen LogP contribution in [-0.2, 0) is 6.54 Å². The monoisotopic (exact) mass is 264 g/mol. The average molecular weight is 264 g/mol. The van der Waals surface area contributed by atoms with Crippen LogP contribution in [0.1, 0.15) is 38.8 Å². The summed E-state index contributed by atoms with van der Waals surface area (Å²) in [5.74, 6) is -1.33. The maximum absolute atomic E-state index is 13.7. The summed E-state index contributed by atoms with van der Waals surface area (Å²) in [4.78, 5) is 0. The van der Waals surface area contributed by atoms with Crippen LogP contribution in [0.15, 0.2) is 12.1 Å². The third-order valence-corrected chi connectivity index (χ3v) is 4.77. The lowest BCUT2D eigenvalue weighted by Gasteiger charge is -2.09. The molecule has 1 aliphatic rings. The number of halogens is 2. The molecule has 2 rings (SSSR count). The SMILES string of the molecule is CC1(C)C(NCc2c(F)cc(C#N)cc2F)C1(C)C. The highest BCUT2D eigenvalue weighted by molar-refractivity contribution is 5.34. The van der Waals surface area contributed by atoms with Crippen molar-refractivity contribution >= 4 is 0 Å². The zero-order valence-electron chi connectivity index (χ0n) is 11.6. The van der Waals surface area contributed by atoms with E-state index in [2.05, 4.69) is 33.0 Å². The van der Waals surface area contributed by atoms with Gasteiger partial charge in [0.2, 0.25) is 0 Å². The van der Waals surface area contributed by atoms with E-state index in [1.165, 1.54) is 0 Å². The summed E-state index contributed by atoms with van der Waals surface area (Å²) in [6.07, 6.45) is 0. The number of nitriles is 1. The fourth-order valence-electron chi connectivity index (χ4n) is 2.75. The molecule has 0 atom stereocenters. The summed E-state index contributed by atoms with van der Waals surface area (Å²) in [5, 5.41) is 11.9. The highest BCUT2D eigenvalue weighted by atomic mass is 19.1. The fourth-order valence-corrected chi connectivity index (χ4v) is 2.75. The lowest BCUT2D eigenvalue weighted by Crippen LogP contribution is -2.23. The second kappa shape index (κ2) is 4.28. The number of nitrogens with zero attached hydrogens (tertiary/aromatic N) is 1. The van der Waals surface area contributed by atoms with Crippen molar-refractivity contribution in [1.29, 1.82) is 5.26 Å². The lowest BCUT2D eigenvalue weighted by molar-refractivity contribution is 0.457. The number of benzene rings is 1. The highest BCUT2D eigenvalue weighted by Crippen LogP contribution is 2.62. The predicted octanol–water partition coefficient (Wildman–Crippen LogP) is 3.36. The van der Waals surface area contributed by atoms with Crippen molar-refractivity contribution in [3.63, 3.8) is 0 Å². The third-order valence-electron chi connectivity index (χ3n) is 4.77. The lowest BCUT2D eigenvalue weighted by atomic mass is 10.0. The second-order valence-corrected chi connectivity index (χ2v) is 6.29. The van der Waals surface area contributed by atoms with Crippen LogP contribution in [-0.4, -0.2) is 6.04 Å². The molecule has 0 saturated heterocycles. The first kappa shape index (κ1) is 14.0. The molecule has 1 N–H and O–H groups in total. The third kappa shape index (κ3) is 2.12. The van der Waals surface area contributed by atoms with Crippen molar-refractivity contribution in [2.45, 2.75) is 40.3 Å². The van der Waals surface area contributed by atoms with E-state index in [-0.39, 0.29) is 34.5 Å². The maximum Gasteiger partial charge on any atom is 0.131 e. The molecule has 2 nitrogen and oxygen atoms in total. The van der Waals surface area contributed by atoms with Gasteiger partial charge >= 0.3 is 0 Å². The van der Waals surface area contributed by atoms with E-state index >= 15 is 0 Å². The van der Waals surface area contributed by atoms with Crippen LogP contribution in [0.25, 0.3) is 0 Å². The predicted molar refractivity (Wildman–Crippen MR) is 69.3 cm³/mol. The molecule has 0 bridgehead atoms. The van der Waals surface area contributed by atoms with E-state index in [0.717, 1.165) is 12.1 Å². The van der Waals surface area contributed by atoms with Crippen molar-refractivity contribution in [2.75, 3.05) is 0 Å². The Hall–Kier alpha value is -1.47. The number of hydrogen-bond acceptors (Lipinski definition) is 2. The van der Waals surface area contributed by atoms with Crippen LogP contribution >= 0.6 is 0 Å². The molecule has 0 amide bonds. The zero-order chi connectivity index (χ0) is 14.4. The van der Waals surface area contributed by atoms with Gasteiger partial charge in [0, 0.05) is 18.2 Å². The topological polar surface area (TPSA) is 35.8 Å². The van der Waals surface area contributed by atoms with Crippen LogP contribution in [0.4, 0.5) is 8.78 Å². The van der Waals surface area contributed by atoms with Crippen molar-refractivity contribution < 1.29 is 8.78 Å². The van der Waals surface area contributed by atoms with Gasteiger partial charge in [-0.05, 0) is 23.0 Å². The average Bonchev–Trinajstić information content (AvgIpc) is 2.69. The number of nitrogens with one attached hydrogen (secondary N) is 1. The van der Waals surface area contributed by atoms with E-state index in [4.69, 9.17) is 5.26 Å². The van der Waals surface area contributed by atoms with Crippen molar-refractivity contribution in [1.82, 2.24) is 5.32 Å². The van der Waals surface area contributed by atoms with Gasteiger partial charge in [-0.25, -0.2) is 8.78 Å². The maximum atomic E-state index is 13.7. The Morgan fingerprint density at radius 2 is 1.63 bits per heavy atom. The molecule has 1 fully saturated rings. The van der Waals surface area contributed by atoms with Crippen molar-refractivity contribution in [3.8, 4) is 6.07 Å². The van der Waals surface area contributed by atoms with E-state index in [9.17, 15) is 8.78 Å². The Morgan fingerprint density at radius 3 is 2.00 bits per heavy atom. The van der Waals surface area contributed by atoms with E-state index in [1.54, 1.807) is 6.07 Å². The Bertz CT molecular complexity index is 519. The van der Waals surface area contributed by atoms with Crippen molar-refractivity contribution in [3.05, 3.63) is 34.9 Å². The minimum Gasteiger partial charge on any atom is -0.309 e. The Labute approximate surface area is 112 Å². The van der Waals surface area contributed by atoms with Crippen LogP contribution < -0.4 is 5.32 Å². The van der Waals surface area contributed by atoms with E-state index < -0.39 is 11.6 Å². The van der Waals surface area contributed by atoms with Crippen LogP contribution in [0.5, 0.6) is 0 Å². The highest BCUT2D eigenvalue weighted by Gasteiger charge is 2.64. The molecule has 0 aliphatic heterocycles.